The molecule has 94 valence electrons. The van der Waals surface area contributed by atoms with Gasteiger partial charge in [0.1, 0.15) is 11.4 Å². The van der Waals surface area contributed by atoms with Crippen molar-refractivity contribution in [2.45, 2.75) is 19.9 Å². The number of hydrogen-bond acceptors (Lipinski definition) is 3. The molecule has 1 aromatic heterocycles. The van der Waals surface area contributed by atoms with Gasteiger partial charge in [0.05, 0.1) is 12.8 Å². The lowest BCUT2D eigenvalue weighted by molar-refractivity contribution is 0.111. The van der Waals surface area contributed by atoms with E-state index in [2.05, 4.69) is 5.10 Å². The zero-order valence-corrected chi connectivity index (χ0v) is 10.8. The predicted octanol–water partition coefficient (Wildman–Crippen LogP) is 2.95. The maximum absolute atomic E-state index is 10.8. The van der Waals surface area contributed by atoms with E-state index in [0.717, 1.165) is 23.3 Å². The molecule has 4 nitrogen and oxygen atoms in total. The number of ether oxygens (including phenoxy) is 1. The average Bonchev–Trinajstić information content (AvgIpc) is 2.83. The summed E-state index contributed by atoms with van der Waals surface area (Å²) in [4.78, 5) is 10.8. The first-order chi connectivity index (χ1) is 8.65. The average molecular weight is 244 g/mol. The second-order valence-corrected chi connectivity index (χ2v) is 4.34. The molecule has 0 radical (unpaired) electrons. The third-order valence-corrected chi connectivity index (χ3v) is 2.73. The van der Waals surface area contributed by atoms with Crippen LogP contribution < -0.4 is 4.74 Å². The molecule has 0 amide bonds. The molecule has 0 atom stereocenters. The van der Waals surface area contributed by atoms with Gasteiger partial charge in [0.25, 0.3) is 0 Å². The van der Waals surface area contributed by atoms with Crippen molar-refractivity contribution in [1.82, 2.24) is 9.78 Å². The van der Waals surface area contributed by atoms with Gasteiger partial charge in [0, 0.05) is 11.6 Å². The van der Waals surface area contributed by atoms with Crippen LogP contribution in [0.4, 0.5) is 0 Å². The van der Waals surface area contributed by atoms with Gasteiger partial charge in [-0.25, -0.2) is 0 Å². The van der Waals surface area contributed by atoms with Crippen LogP contribution in [0.2, 0.25) is 0 Å². The molecule has 0 aliphatic rings. The van der Waals surface area contributed by atoms with Gasteiger partial charge >= 0.3 is 0 Å². The number of carbonyl (C=O) groups is 1. The van der Waals surface area contributed by atoms with Gasteiger partial charge in [0.2, 0.25) is 0 Å². The van der Waals surface area contributed by atoms with E-state index in [1.165, 1.54) is 0 Å². The number of carbonyl (C=O) groups excluding carboxylic acids is 1. The van der Waals surface area contributed by atoms with Crippen LogP contribution in [-0.4, -0.2) is 23.2 Å². The Hall–Kier alpha value is -2.10. The number of rotatable bonds is 4. The summed E-state index contributed by atoms with van der Waals surface area (Å²) in [6, 6.07) is 9.71. The second-order valence-electron chi connectivity index (χ2n) is 4.34. The first-order valence-electron chi connectivity index (χ1n) is 5.85. The van der Waals surface area contributed by atoms with Crippen LogP contribution in [0.25, 0.3) is 11.3 Å². The first kappa shape index (κ1) is 12.4. The van der Waals surface area contributed by atoms with Crippen molar-refractivity contribution in [3.63, 3.8) is 0 Å². The van der Waals surface area contributed by atoms with Crippen molar-refractivity contribution in [2.75, 3.05) is 7.11 Å². The second kappa shape index (κ2) is 5.04. The summed E-state index contributed by atoms with van der Waals surface area (Å²) in [5.41, 5.74) is 2.36. The molecule has 0 aliphatic heterocycles. The quantitative estimate of drug-likeness (QED) is 0.777. The van der Waals surface area contributed by atoms with Crippen LogP contribution in [0.3, 0.4) is 0 Å². The van der Waals surface area contributed by atoms with E-state index in [1.807, 2.05) is 42.8 Å². The largest absolute Gasteiger partial charge is 0.497 e. The van der Waals surface area contributed by atoms with E-state index >= 15 is 0 Å². The van der Waals surface area contributed by atoms with E-state index in [0.29, 0.717) is 5.69 Å². The molecule has 0 fully saturated rings. The molecule has 0 aliphatic carbocycles. The maximum Gasteiger partial charge on any atom is 0.170 e. The van der Waals surface area contributed by atoms with Crippen LogP contribution in [0.15, 0.2) is 30.3 Å². The van der Waals surface area contributed by atoms with E-state index in [9.17, 15) is 4.79 Å². The number of methoxy groups -OCH3 is 1. The Balaban J connectivity index is 2.54. The molecule has 1 aromatic carbocycles. The zero-order chi connectivity index (χ0) is 13.1. The topological polar surface area (TPSA) is 44.1 Å². The molecule has 4 heteroatoms. The number of aldehydes is 1. The highest BCUT2D eigenvalue weighted by atomic mass is 16.5. The van der Waals surface area contributed by atoms with E-state index in [1.54, 1.807) is 13.2 Å². The summed E-state index contributed by atoms with van der Waals surface area (Å²) in [6.45, 7) is 4.07. The van der Waals surface area contributed by atoms with Gasteiger partial charge in [-0.2, -0.15) is 5.10 Å². The Morgan fingerprint density at radius 3 is 2.72 bits per heavy atom. The van der Waals surface area contributed by atoms with Gasteiger partial charge < -0.3 is 4.74 Å². The monoisotopic (exact) mass is 244 g/mol. The van der Waals surface area contributed by atoms with Crippen LogP contribution in [-0.2, 0) is 0 Å². The molecule has 0 saturated carbocycles. The Bertz CT molecular complexity index is 559. The lowest BCUT2D eigenvalue weighted by Gasteiger charge is -2.11. The molecule has 0 N–H and O–H groups in total. The number of aromatic nitrogens is 2. The fourth-order valence-electron chi connectivity index (χ4n) is 1.86. The third-order valence-electron chi connectivity index (χ3n) is 2.73. The third kappa shape index (κ3) is 2.27. The Kier molecular flexibility index (Phi) is 3.46. The van der Waals surface area contributed by atoms with Crippen LogP contribution in [0.5, 0.6) is 5.75 Å². The molecular weight excluding hydrogens is 228 g/mol. The van der Waals surface area contributed by atoms with E-state index in [-0.39, 0.29) is 6.04 Å². The van der Waals surface area contributed by atoms with Crippen molar-refractivity contribution in [2.24, 2.45) is 0 Å². The normalized spacial score (nSPS) is 10.7. The van der Waals surface area contributed by atoms with Crippen molar-refractivity contribution in [1.29, 1.82) is 0 Å². The van der Waals surface area contributed by atoms with Crippen molar-refractivity contribution >= 4 is 6.29 Å². The Morgan fingerprint density at radius 2 is 2.11 bits per heavy atom. The van der Waals surface area contributed by atoms with Gasteiger partial charge in [-0.1, -0.05) is 12.1 Å². The van der Waals surface area contributed by atoms with E-state index < -0.39 is 0 Å². The molecule has 18 heavy (non-hydrogen) atoms. The smallest absolute Gasteiger partial charge is 0.170 e. The van der Waals surface area contributed by atoms with Crippen molar-refractivity contribution < 1.29 is 9.53 Å². The molecule has 0 spiro atoms. The minimum absolute atomic E-state index is 0.194. The van der Waals surface area contributed by atoms with Gasteiger partial charge in [0.15, 0.2) is 6.29 Å². The highest BCUT2D eigenvalue weighted by molar-refractivity contribution is 5.75. The first-order valence-corrected chi connectivity index (χ1v) is 5.85. The fraction of sp³-hybridized carbons (Fsp3) is 0.286. The summed E-state index contributed by atoms with van der Waals surface area (Å²) in [5, 5.41) is 4.27. The van der Waals surface area contributed by atoms with Crippen molar-refractivity contribution in [3.8, 4) is 17.0 Å². The van der Waals surface area contributed by atoms with Crippen LogP contribution in [0.1, 0.15) is 30.4 Å². The lowest BCUT2D eigenvalue weighted by atomic mass is 10.1. The molecule has 1 heterocycles. The van der Waals surface area contributed by atoms with E-state index in [4.69, 9.17) is 4.74 Å². The van der Waals surface area contributed by atoms with Crippen LogP contribution >= 0.6 is 0 Å². The molecule has 2 rings (SSSR count). The maximum atomic E-state index is 10.8. The zero-order valence-electron chi connectivity index (χ0n) is 10.8. The molecular formula is C14H16N2O2. The molecule has 2 aromatic rings. The molecule has 0 saturated heterocycles. The van der Waals surface area contributed by atoms with Crippen molar-refractivity contribution in [3.05, 3.63) is 36.0 Å². The highest BCUT2D eigenvalue weighted by Crippen LogP contribution is 2.26. The lowest BCUT2D eigenvalue weighted by Crippen LogP contribution is -2.05. The summed E-state index contributed by atoms with van der Waals surface area (Å²) in [5.74, 6) is 0.789. The SMILES string of the molecule is COc1cccc(-c2cc(C=O)nn2C(C)C)c1. The summed E-state index contributed by atoms with van der Waals surface area (Å²) in [7, 11) is 1.63. The van der Waals surface area contributed by atoms with Crippen LogP contribution in [0, 0.1) is 0 Å². The van der Waals surface area contributed by atoms with Gasteiger partial charge in [-0.05, 0) is 32.0 Å². The molecule has 0 bridgehead atoms. The summed E-state index contributed by atoms with van der Waals surface area (Å²) in [6.07, 6.45) is 0.766. The fourth-order valence-corrected chi connectivity index (χ4v) is 1.86. The Morgan fingerprint density at radius 1 is 1.33 bits per heavy atom. The Labute approximate surface area is 106 Å². The van der Waals surface area contributed by atoms with Gasteiger partial charge in [-0.3, -0.25) is 9.48 Å². The predicted molar refractivity (Wildman–Crippen MR) is 70.0 cm³/mol. The molecule has 0 unspecified atom stereocenters. The minimum Gasteiger partial charge on any atom is -0.497 e. The number of nitrogens with zero attached hydrogens (tertiary/aromatic N) is 2. The highest BCUT2D eigenvalue weighted by Gasteiger charge is 2.12. The number of benzene rings is 1. The summed E-state index contributed by atoms with van der Waals surface area (Å²) < 4.78 is 7.06. The number of hydrogen-bond donors (Lipinski definition) is 0. The minimum atomic E-state index is 0.194. The summed E-state index contributed by atoms with van der Waals surface area (Å²) >= 11 is 0. The van der Waals surface area contributed by atoms with Gasteiger partial charge in [-0.15, -0.1) is 0 Å². The standard InChI is InChI=1S/C14H16N2O2/c1-10(2)16-14(8-12(9-17)15-16)11-5-4-6-13(7-11)18-3/h4-10H,1-3H3.